The van der Waals surface area contributed by atoms with Gasteiger partial charge in [-0.15, -0.1) is 0 Å². The zero-order valence-corrected chi connectivity index (χ0v) is 18.2. The summed E-state index contributed by atoms with van der Waals surface area (Å²) < 4.78 is 22.3. The third-order valence-electron chi connectivity index (χ3n) is 5.20. The zero-order chi connectivity index (χ0) is 21.4. The van der Waals surface area contributed by atoms with E-state index in [0.29, 0.717) is 34.0 Å². The molecule has 9 heteroatoms. The molecule has 0 radical (unpaired) electrons. The van der Waals surface area contributed by atoms with Crippen LogP contribution < -0.4 is 10.7 Å². The average Bonchev–Trinajstić information content (AvgIpc) is 2.73. The molecule has 1 aliphatic heterocycles. The molecule has 0 spiro atoms. The Bertz CT molecular complexity index is 1150. The van der Waals surface area contributed by atoms with E-state index in [1.165, 1.54) is 0 Å². The predicted octanol–water partition coefficient (Wildman–Crippen LogP) is 3.50. The lowest BCUT2D eigenvalue weighted by Gasteiger charge is -2.28. The van der Waals surface area contributed by atoms with Gasteiger partial charge in [0.1, 0.15) is 5.69 Å². The fourth-order valence-electron chi connectivity index (χ4n) is 3.59. The van der Waals surface area contributed by atoms with Gasteiger partial charge < -0.3 is 19.7 Å². The maximum absolute atomic E-state index is 14.6. The number of benzene rings is 1. The monoisotopic (exact) mass is 476 g/mol. The van der Waals surface area contributed by atoms with Gasteiger partial charge in [-0.1, -0.05) is 6.07 Å². The fraction of sp³-hybridized carbons (Fsp3) is 0.381. The number of nitrogens with one attached hydrogen (secondary N) is 1. The Labute approximate surface area is 181 Å². The molecule has 1 aromatic carbocycles. The summed E-state index contributed by atoms with van der Waals surface area (Å²) in [5.41, 5.74) is 1.24. The third-order valence-corrected chi connectivity index (χ3v) is 5.77. The van der Waals surface area contributed by atoms with Gasteiger partial charge in [0, 0.05) is 29.8 Å². The van der Waals surface area contributed by atoms with Gasteiger partial charge in [-0.2, -0.15) is 0 Å². The molecule has 0 bridgehead atoms. The van der Waals surface area contributed by atoms with E-state index < -0.39 is 11.9 Å². The Morgan fingerprint density at radius 1 is 1.40 bits per heavy atom. The standard InChI is InChI=1S/C21H22BrFN4O3/c1-11(2)27-9-14(22)20(29)13-4-3-12(7-17(13)27)19-15(23)8-24-21(26-19)25-16-5-6-30-10-18(16)28/h3-4,7-9,11,16,18,28H,5-6,10H2,1-2H3,(H,24,25,26)/t16-,18-/m1/s1. The molecule has 30 heavy (non-hydrogen) atoms. The second-order valence-corrected chi connectivity index (χ2v) is 8.47. The average molecular weight is 477 g/mol. The molecule has 1 saturated heterocycles. The van der Waals surface area contributed by atoms with Crippen LogP contribution in [0, 0.1) is 5.82 Å². The summed E-state index contributed by atoms with van der Waals surface area (Å²) in [5, 5.41) is 13.7. The van der Waals surface area contributed by atoms with Crippen LogP contribution in [0.5, 0.6) is 0 Å². The molecule has 158 valence electrons. The summed E-state index contributed by atoms with van der Waals surface area (Å²) in [4.78, 5) is 20.9. The van der Waals surface area contributed by atoms with Crippen LogP contribution in [0.4, 0.5) is 10.3 Å². The van der Waals surface area contributed by atoms with E-state index in [2.05, 4.69) is 31.2 Å². The molecular formula is C21H22BrFN4O3. The van der Waals surface area contributed by atoms with Crippen LogP contribution in [0.3, 0.4) is 0 Å². The molecule has 0 unspecified atom stereocenters. The molecule has 2 atom stereocenters. The Morgan fingerprint density at radius 3 is 2.93 bits per heavy atom. The quantitative estimate of drug-likeness (QED) is 0.598. The van der Waals surface area contributed by atoms with Gasteiger partial charge in [-0.3, -0.25) is 4.79 Å². The van der Waals surface area contributed by atoms with Gasteiger partial charge in [0.25, 0.3) is 0 Å². The number of aromatic nitrogens is 3. The van der Waals surface area contributed by atoms with Crippen LogP contribution in [0.15, 0.2) is 39.9 Å². The fourth-order valence-corrected chi connectivity index (χ4v) is 4.02. The van der Waals surface area contributed by atoms with E-state index in [1.54, 1.807) is 24.4 Å². The summed E-state index contributed by atoms with van der Waals surface area (Å²) >= 11 is 3.32. The highest BCUT2D eigenvalue weighted by atomic mass is 79.9. The first-order valence-corrected chi connectivity index (χ1v) is 10.5. The van der Waals surface area contributed by atoms with E-state index in [0.717, 1.165) is 6.20 Å². The minimum Gasteiger partial charge on any atom is -0.389 e. The van der Waals surface area contributed by atoms with Crippen molar-refractivity contribution < 1.29 is 14.2 Å². The first-order valence-electron chi connectivity index (χ1n) is 9.75. The topological polar surface area (TPSA) is 89.3 Å². The molecule has 3 aromatic rings. The summed E-state index contributed by atoms with van der Waals surface area (Å²) in [6.45, 7) is 4.78. The number of fused-ring (bicyclic) bond motifs is 1. The molecule has 1 fully saturated rings. The summed E-state index contributed by atoms with van der Waals surface area (Å²) in [5.74, 6) is -0.336. The minimum atomic E-state index is -0.685. The van der Waals surface area contributed by atoms with Crippen molar-refractivity contribution in [3.05, 3.63) is 51.1 Å². The molecule has 0 aliphatic carbocycles. The van der Waals surface area contributed by atoms with Crippen molar-refractivity contribution in [2.75, 3.05) is 18.5 Å². The molecule has 7 nitrogen and oxygen atoms in total. The number of rotatable bonds is 4. The number of hydrogen-bond donors (Lipinski definition) is 2. The molecule has 4 rings (SSSR count). The lowest BCUT2D eigenvalue weighted by atomic mass is 10.1. The molecule has 3 heterocycles. The number of aliphatic hydroxyl groups is 1. The normalized spacial score (nSPS) is 19.4. The smallest absolute Gasteiger partial charge is 0.223 e. The number of pyridine rings is 1. The van der Waals surface area contributed by atoms with Gasteiger partial charge in [0.2, 0.25) is 11.4 Å². The second kappa shape index (κ2) is 8.41. The summed E-state index contributed by atoms with van der Waals surface area (Å²) in [6.07, 6.45) is 2.77. The van der Waals surface area contributed by atoms with Crippen molar-refractivity contribution in [2.24, 2.45) is 0 Å². The van der Waals surface area contributed by atoms with Crippen LogP contribution in [0.2, 0.25) is 0 Å². The SMILES string of the molecule is CC(C)n1cc(Br)c(=O)c2ccc(-c3nc(N[C@@H]4CCOC[C@H]4O)ncc3F)cc21. The Balaban J connectivity index is 1.77. The van der Waals surface area contributed by atoms with Crippen molar-refractivity contribution in [3.8, 4) is 11.3 Å². The highest BCUT2D eigenvalue weighted by Gasteiger charge is 2.24. The van der Waals surface area contributed by atoms with E-state index in [-0.39, 0.29) is 35.8 Å². The summed E-state index contributed by atoms with van der Waals surface area (Å²) in [7, 11) is 0. The highest BCUT2D eigenvalue weighted by molar-refractivity contribution is 9.10. The van der Waals surface area contributed by atoms with Crippen molar-refractivity contribution in [1.82, 2.24) is 14.5 Å². The molecule has 2 aromatic heterocycles. The maximum atomic E-state index is 14.6. The van der Waals surface area contributed by atoms with Gasteiger partial charge in [-0.25, -0.2) is 14.4 Å². The van der Waals surface area contributed by atoms with Gasteiger partial charge in [0.05, 0.1) is 34.9 Å². The number of halogens is 2. The van der Waals surface area contributed by atoms with Crippen molar-refractivity contribution >= 4 is 32.8 Å². The largest absolute Gasteiger partial charge is 0.389 e. The van der Waals surface area contributed by atoms with Crippen LogP contribution in [-0.2, 0) is 4.74 Å². The van der Waals surface area contributed by atoms with E-state index in [9.17, 15) is 14.3 Å². The molecule has 0 saturated carbocycles. The summed E-state index contributed by atoms with van der Waals surface area (Å²) in [6, 6.07) is 4.97. The first-order chi connectivity index (χ1) is 14.3. The number of anilines is 1. The van der Waals surface area contributed by atoms with Gasteiger partial charge in [0.15, 0.2) is 5.82 Å². The number of hydrogen-bond acceptors (Lipinski definition) is 6. The van der Waals surface area contributed by atoms with Gasteiger partial charge in [-0.05, 0) is 48.3 Å². The third kappa shape index (κ3) is 3.97. The molecular weight excluding hydrogens is 455 g/mol. The van der Waals surface area contributed by atoms with Crippen LogP contribution in [0.1, 0.15) is 26.3 Å². The Kier molecular flexibility index (Phi) is 5.86. The predicted molar refractivity (Wildman–Crippen MR) is 116 cm³/mol. The maximum Gasteiger partial charge on any atom is 0.223 e. The molecule has 0 amide bonds. The van der Waals surface area contributed by atoms with Crippen LogP contribution >= 0.6 is 15.9 Å². The first kappa shape index (κ1) is 20.9. The van der Waals surface area contributed by atoms with E-state index in [1.807, 2.05) is 18.4 Å². The Hall–Kier alpha value is -2.36. The minimum absolute atomic E-state index is 0.0992. The lowest BCUT2D eigenvalue weighted by Crippen LogP contribution is -2.42. The van der Waals surface area contributed by atoms with Crippen LogP contribution in [-0.4, -0.2) is 45.0 Å². The van der Waals surface area contributed by atoms with Crippen LogP contribution in [0.25, 0.3) is 22.2 Å². The lowest BCUT2D eigenvalue weighted by molar-refractivity contribution is -0.0136. The number of ether oxygens (including phenoxy) is 1. The Morgan fingerprint density at radius 2 is 2.20 bits per heavy atom. The van der Waals surface area contributed by atoms with Crippen molar-refractivity contribution in [1.29, 1.82) is 0 Å². The van der Waals surface area contributed by atoms with E-state index in [4.69, 9.17) is 4.74 Å². The van der Waals surface area contributed by atoms with E-state index >= 15 is 0 Å². The van der Waals surface area contributed by atoms with Crippen molar-refractivity contribution in [2.45, 2.75) is 38.5 Å². The molecule has 2 N–H and O–H groups in total. The number of nitrogens with zero attached hydrogens (tertiary/aromatic N) is 3. The van der Waals surface area contributed by atoms with Crippen molar-refractivity contribution in [3.63, 3.8) is 0 Å². The number of aliphatic hydroxyl groups excluding tert-OH is 1. The highest BCUT2D eigenvalue weighted by Crippen LogP contribution is 2.27. The second-order valence-electron chi connectivity index (χ2n) is 7.61. The zero-order valence-electron chi connectivity index (χ0n) is 16.6. The van der Waals surface area contributed by atoms with Gasteiger partial charge >= 0.3 is 0 Å². The molecule has 1 aliphatic rings.